The molecule has 0 radical (unpaired) electrons. The minimum absolute atomic E-state index is 0.370. The number of hydrogen-bond donors (Lipinski definition) is 1. The van der Waals surface area contributed by atoms with Crippen molar-refractivity contribution in [3.8, 4) is 5.75 Å². The summed E-state index contributed by atoms with van der Waals surface area (Å²) in [7, 11) is 1.63. The van der Waals surface area contributed by atoms with E-state index in [1.54, 1.807) is 7.11 Å². The van der Waals surface area contributed by atoms with Crippen molar-refractivity contribution >= 4 is 5.69 Å². The number of hydrogen-bond acceptors (Lipinski definition) is 2. The van der Waals surface area contributed by atoms with Crippen LogP contribution in [0.1, 0.15) is 22.9 Å². The zero-order valence-corrected chi connectivity index (χ0v) is 11.5. The van der Waals surface area contributed by atoms with Gasteiger partial charge in [-0.25, -0.2) is 4.39 Å². The molecule has 0 aliphatic carbocycles. The summed E-state index contributed by atoms with van der Waals surface area (Å²) < 4.78 is 19.8. The molecule has 3 heteroatoms. The van der Waals surface area contributed by atoms with Crippen LogP contribution in [0.15, 0.2) is 42.5 Å². The van der Waals surface area contributed by atoms with Crippen molar-refractivity contribution in [2.24, 2.45) is 0 Å². The van der Waals surface area contributed by atoms with E-state index in [1.807, 2.05) is 36.4 Å². The van der Waals surface area contributed by atoms with E-state index in [2.05, 4.69) is 11.4 Å². The highest BCUT2D eigenvalue weighted by Gasteiger charge is 2.20. The zero-order valence-electron chi connectivity index (χ0n) is 11.5. The fourth-order valence-electron chi connectivity index (χ4n) is 2.74. The molecule has 2 nitrogen and oxygen atoms in total. The quantitative estimate of drug-likeness (QED) is 0.910. The number of para-hydroxylation sites is 1. The van der Waals surface area contributed by atoms with Gasteiger partial charge in [-0.2, -0.15) is 0 Å². The van der Waals surface area contributed by atoms with Crippen LogP contribution in [-0.4, -0.2) is 13.7 Å². The number of nitrogens with one attached hydrogen (secondary N) is 1. The molecule has 1 aliphatic rings. The Balaban J connectivity index is 1.83. The number of halogens is 1. The van der Waals surface area contributed by atoms with Gasteiger partial charge in [0.2, 0.25) is 0 Å². The first-order chi connectivity index (χ1) is 9.78. The first-order valence-electron chi connectivity index (χ1n) is 6.90. The highest BCUT2D eigenvalue weighted by atomic mass is 19.1. The van der Waals surface area contributed by atoms with Crippen molar-refractivity contribution < 1.29 is 9.13 Å². The molecule has 1 aliphatic heterocycles. The van der Waals surface area contributed by atoms with Crippen LogP contribution in [0.3, 0.4) is 0 Å². The topological polar surface area (TPSA) is 21.3 Å². The van der Waals surface area contributed by atoms with Gasteiger partial charge in [-0.15, -0.1) is 0 Å². The number of ether oxygens (including phenoxy) is 1. The van der Waals surface area contributed by atoms with E-state index in [0.29, 0.717) is 6.42 Å². The van der Waals surface area contributed by atoms with Crippen LogP contribution in [0, 0.1) is 0 Å². The Bertz CT molecular complexity index is 612. The summed E-state index contributed by atoms with van der Waals surface area (Å²) in [5.74, 6) is 0.770. The second-order valence-electron chi connectivity index (χ2n) is 5.08. The van der Waals surface area contributed by atoms with Crippen molar-refractivity contribution in [2.75, 3.05) is 19.0 Å². The molecule has 0 fully saturated rings. The number of anilines is 1. The maximum absolute atomic E-state index is 14.6. The smallest absolute Gasteiger partial charge is 0.131 e. The first-order valence-corrected chi connectivity index (χ1v) is 6.90. The molecule has 1 unspecified atom stereocenters. The van der Waals surface area contributed by atoms with Gasteiger partial charge in [-0.05, 0) is 29.7 Å². The molecule has 1 atom stereocenters. The van der Waals surface area contributed by atoms with Crippen molar-refractivity contribution in [1.82, 2.24) is 0 Å². The average molecular weight is 271 g/mol. The summed E-state index contributed by atoms with van der Waals surface area (Å²) in [6.45, 7) is 0.901. The Morgan fingerprint density at radius 1 is 1.25 bits per heavy atom. The van der Waals surface area contributed by atoms with E-state index in [1.165, 1.54) is 5.56 Å². The van der Waals surface area contributed by atoms with Crippen LogP contribution in [0.5, 0.6) is 5.75 Å². The Labute approximate surface area is 118 Å². The van der Waals surface area contributed by atoms with E-state index in [-0.39, 0.29) is 0 Å². The largest absolute Gasteiger partial charge is 0.497 e. The summed E-state index contributed by atoms with van der Waals surface area (Å²) in [4.78, 5) is 0. The van der Waals surface area contributed by atoms with Crippen LogP contribution in [-0.2, 0) is 12.8 Å². The lowest BCUT2D eigenvalue weighted by atomic mass is 9.99. The monoisotopic (exact) mass is 271 g/mol. The molecule has 0 saturated carbocycles. The molecule has 0 spiro atoms. The van der Waals surface area contributed by atoms with E-state index in [0.717, 1.165) is 35.5 Å². The number of fused-ring (bicyclic) bond motifs is 1. The SMILES string of the molecule is COc1cccc(CC(F)c2cccc3c2NCC3)c1. The van der Waals surface area contributed by atoms with Crippen LogP contribution in [0.2, 0.25) is 0 Å². The molecule has 0 bridgehead atoms. The van der Waals surface area contributed by atoms with Gasteiger partial charge in [-0.1, -0.05) is 30.3 Å². The Morgan fingerprint density at radius 3 is 2.95 bits per heavy atom. The van der Waals surface area contributed by atoms with Gasteiger partial charge >= 0.3 is 0 Å². The maximum Gasteiger partial charge on any atom is 0.131 e. The third-order valence-electron chi connectivity index (χ3n) is 3.77. The highest BCUT2D eigenvalue weighted by molar-refractivity contribution is 5.62. The van der Waals surface area contributed by atoms with Crippen molar-refractivity contribution in [1.29, 1.82) is 0 Å². The summed E-state index contributed by atoms with van der Waals surface area (Å²) in [6, 6.07) is 13.5. The lowest BCUT2D eigenvalue weighted by Gasteiger charge is -2.14. The molecule has 0 aromatic heterocycles. The molecule has 1 N–H and O–H groups in total. The summed E-state index contributed by atoms with van der Waals surface area (Å²) >= 11 is 0. The molecule has 2 aromatic rings. The standard InChI is InChI=1S/C17H18FNO/c1-20-14-6-2-4-12(10-14)11-16(18)15-7-3-5-13-8-9-19-17(13)15/h2-7,10,16,19H,8-9,11H2,1H3. The lowest BCUT2D eigenvalue weighted by molar-refractivity contribution is 0.342. The fourth-order valence-corrected chi connectivity index (χ4v) is 2.74. The predicted octanol–water partition coefficient (Wildman–Crippen LogP) is 3.92. The van der Waals surface area contributed by atoms with Crippen molar-refractivity contribution in [2.45, 2.75) is 19.0 Å². The predicted molar refractivity (Wildman–Crippen MR) is 79.2 cm³/mol. The summed E-state index contributed by atoms with van der Waals surface area (Å²) in [5, 5.41) is 3.29. The number of methoxy groups -OCH3 is 1. The van der Waals surface area contributed by atoms with Gasteiger partial charge in [0.25, 0.3) is 0 Å². The minimum Gasteiger partial charge on any atom is -0.497 e. The molecular weight excluding hydrogens is 253 g/mol. The van der Waals surface area contributed by atoms with Gasteiger partial charge in [0.15, 0.2) is 0 Å². The van der Waals surface area contributed by atoms with Crippen LogP contribution < -0.4 is 10.1 Å². The van der Waals surface area contributed by atoms with E-state index < -0.39 is 6.17 Å². The molecule has 2 aromatic carbocycles. The highest BCUT2D eigenvalue weighted by Crippen LogP contribution is 2.34. The van der Waals surface area contributed by atoms with E-state index in [9.17, 15) is 4.39 Å². The van der Waals surface area contributed by atoms with E-state index >= 15 is 0 Å². The van der Waals surface area contributed by atoms with E-state index in [4.69, 9.17) is 4.74 Å². The summed E-state index contributed by atoms with van der Waals surface area (Å²) in [6.07, 6.45) is 0.354. The lowest BCUT2D eigenvalue weighted by Crippen LogP contribution is -2.02. The maximum atomic E-state index is 14.6. The van der Waals surface area contributed by atoms with Gasteiger partial charge in [0.05, 0.1) is 7.11 Å². The van der Waals surface area contributed by atoms with Crippen LogP contribution >= 0.6 is 0 Å². The Morgan fingerprint density at radius 2 is 2.10 bits per heavy atom. The number of benzene rings is 2. The summed E-state index contributed by atoms with van der Waals surface area (Å²) in [5.41, 5.74) is 3.92. The van der Waals surface area contributed by atoms with Crippen LogP contribution in [0.4, 0.5) is 10.1 Å². The molecule has 0 amide bonds. The minimum atomic E-state index is -0.998. The zero-order chi connectivity index (χ0) is 13.9. The third-order valence-corrected chi connectivity index (χ3v) is 3.77. The van der Waals surface area contributed by atoms with Gasteiger partial charge in [0.1, 0.15) is 11.9 Å². The normalized spacial score (nSPS) is 14.5. The first kappa shape index (κ1) is 13.0. The van der Waals surface area contributed by atoms with Crippen LogP contribution in [0.25, 0.3) is 0 Å². The molecule has 1 heterocycles. The second kappa shape index (κ2) is 5.53. The molecule has 20 heavy (non-hydrogen) atoms. The molecule has 104 valence electrons. The van der Waals surface area contributed by atoms with Gasteiger partial charge < -0.3 is 10.1 Å². The van der Waals surface area contributed by atoms with Gasteiger partial charge in [-0.3, -0.25) is 0 Å². The molecular formula is C17H18FNO. The Kier molecular flexibility index (Phi) is 3.59. The fraction of sp³-hybridized carbons (Fsp3) is 0.294. The van der Waals surface area contributed by atoms with Crippen molar-refractivity contribution in [3.05, 3.63) is 59.2 Å². The average Bonchev–Trinajstić information content (AvgIpc) is 2.95. The number of alkyl halides is 1. The molecule has 3 rings (SSSR count). The molecule has 0 saturated heterocycles. The second-order valence-corrected chi connectivity index (χ2v) is 5.08. The Hall–Kier alpha value is -2.03. The number of rotatable bonds is 4. The van der Waals surface area contributed by atoms with Gasteiger partial charge in [0, 0.05) is 24.2 Å². The van der Waals surface area contributed by atoms with Crippen molar-refractivity contribution in [3.63, 3.8) is 0 Å². The third kappa shape index (κ3) is 2.48.